The maximum Gasteiger partial charge on any atom is 0.248 e. The van der Waals surface area contributed by atoms with E-state index in [4.69, 9.17) is 0 Å². The van der Waals surface area contributed by atoms with Gasteiger partial charge in [-0.2, -0.15) is 5.26 Å². The van der Waals surface area contributed by atoms with Crippen LogP contribution in [-0.2, 0) is 14.8 Å². The summed E-state index contributed by atoms with van der Waals surface area (Å²) < 4.78 is 28.7. The second-order valence-corrected chi connectivity index (χ2v) is 11.5. The number of rotatable bonds is 7. The van der Waals surface area contributed by atoms with Crippen molar-refractivity contribution in [3.05, 3.63) is 90.0 Å². The molecule has 0 aliphatic carbocycles. The molecule has 1 amide bonds. The molecule has 186 valence electrons. The minimum atomic E-state index is -3.73. The van der Waals surface area contributed by atoms with Gasteiger partial charge >= 0.3 is 0 Å². The highest BCUT2D eigenvalue weighted by Crippen LogP contribution is 2.29. The third-order valence-corrected chi connectivity index (χ3v) is 7.13. The Morgan fingerprint density at radius 1 is 0.972 bits per heavy atom. The van der Waals surface area contributed by atoms with Gasteiger partial charge in [-0.3, -0.25) is 4.79 Å². The van der Waals surface area contributed by atoms with Crippen molar-refractivity contribution in [3.8, 4) is 17.2 Å². The Bertz CT molecular complexity index is 1430. The molecule has 3 aromatic carbocycles. The summed E-state index contributed by atoms with van der Waals surface area (Å²) in [5, 5.41) is 12.1. The monoisotopic (exact) mass is 501 g/mol. The molecule has 0 fully saturated rings. The first kappa shape index (κ1) is 26.9. The first-order valence-electron chi connectivity index (χ1n) is 11.7. The minimum Gasteiger partial charge on any atom is -0.323 e. The topological polar surface area (TPSA) is 99.1 Å². The van der Waals surface area contributed by atoms with Crippen molar-refractivity contribution in [2.24, 2.45) is 5.92 Å². The third kappa shape index (κ3) is 6.91. The highest BCUT2D eigenvalue weighted by atomic mass is 32.2. The zero-order chi connectivity index (χ0) is 26.5. The number of allylic oxidation sites excluding steroid dienone is 1. The molecule has 0 aromatic heterocycles. The molecule has 0 atom stereocenters. The van der Waals surface area contributed by atoms with E-state index in [0.29, 0.717) is 16.8 Å². The fourth-order valence-electron chi connectivity index (χ4n) is 3.80. The highest BCUT2D eigenvalue weighted by Gasteiger charge is 2.24. The van der Waals surface area contributed by atoms with E-state index in [1.165, 1.54) is 0 Å². The van der Waals surface area contributed by atoms with Gasteiger partial charge in [0.1, 0.15) is 0 Å². The number of hydrogen-bond acceptors (Lipinski definition) is 4. The van der Waals surface area contributed by atoms with Gasteiger partial charge in [0, 0.05) is 22.9 Å². The lowest BCUT2D eigenvalue weighted by atomic mass is 9.93. The summed E-state index contributed by atoms with van der Waals surface area (Å²) in [6.07, 6.45) is 1.55. The van der Waals surface area contributed by atoms with Crippen molar-refractivity contribution in [1.29, 1.82) is 5.26 Å². The summed E-state index contributed by atoms with van der Waals surface area (Å²) in [5.41, 5.74) is 3.46. The summed E-state index contributed by atoms with van der Waals surface area (Å²) in [4.78, 5) is 13.0. The molecule has 7 heteroatoms. The third-order valence-electron chi connectivity index (χ3n) is 5.31. The Balaban J connectivity index is 1.85. The molecule has 36 heavy (non-hydrogen) atoms. The average molecular weight is 502 g/mol. The van der Waals surface area contributed by atoms with Crippen molar-refractivity contribution in [2.45, 2.75) is 45.1 Å². The molecule has 0 aliphatic heterocycles. The summed E-state index contributed by atoms with van der Waals surface area (Å²) in [7, 11) is -3.73. The molecule has 3 aromatic rings. The molecule has 3 rings (SSSR count). The van der Waals surface area contributed by atoms with E-state index in [0.717, 1.165) is 16.7 Å². The van der Waals surface area contributed by atoms with Gasteiger partial charge in [0.05, 0.1) is 16.5 Å². The van der Waals surface area contributed by atoms with Crippen LogP contribution in [0.2, 0.25) is 0 Å². The smallest absolute Gasteiger partial charge is 0.248 e. The zero-order valence-corrected chi connectivity index (χ0v) is 22.0. The number of anilines is 1. The maximum absolute atomic E-state index is 13.0. The number of carbonyl (C=O) groups is 1. The van der Waals surface area contributed by atoms with Gasteiger partial charge in [-0.05, 0) is 73.7 Å². The quantitative estimate of drug-likeness (QED) is 0.389. The van der Waals surface area contributed by atoms with Crippen LogP contribution in [0.5, 0.6) is 0 Å². The normalized spacial score (nSPS) is 12.3. The molecule has 0 saturated heterocycles. The van der Waals surface area contributed by atoms with E-state index in [2.05, 4.69) is 16.1 Å². The number of nitriles is 1. The first-order chi connectivity index (χ1) is 16.9. The molecule has 0 unspecified atom stereocenters. The van der Waals surface area contributed by atoms with E-state index in [1.54, 1.807) is 93.6 Å². The van der Waals surface area contributed by atoms with Crippen LogP contribution in [0.4, 0.5) is 5.69 Å². The minimum absolute atomic E-state index is 0.0761. The second kappa shape index (κ2) is 10.9. The SMILES string of the molecule is CC(C)C(=CC(=O)Nc1ccc(-c2ccccc2S(=O)(=O)NC(C)(C)C)cc1)c1cccc(C#N)c1. The number of amides is 1. The Morgan fingerprint density at radius 3 is 2.25 bits per heavy atom. The van der Waals surface area contributed by atoms with Crippen LogP contribution in [0.1, 0.15) is 45.7 Å². The Kier molecular flexibility index (Phi) is 8.13. The summed E-state index contributed by atoms with van der Waals surface area (Å²) in [6, 6.07) is 23.2. The standard InChI is InChI=1S/C29H31N3O3S/c1-20(2)26(23-10-8-9-21(17-23)19-30)18-28(33)31-24-15-13-22(14-16-24)25-11-6-7-12-27(25)36(34,35)32-29(3,4)5/h6-18,20,32H,1-5H3,(H,31,33). The number of nitrogens with zero attached hydrogens (tertiary/aromatic N) is 1. The number of nitrogens with one attached hydrogen (secondary N) is 2. The fraction of sp³-hybridized carbons (Fsp3) is 0.241. The maximum atomic E-state index is 13.0. The van der Waals surface area contributed by atoms with Crippen LogP contribution in [0, 0.1) is 17.2 Å². The molecule has 2 N–H and O–H groups in total. The second-order valence-electron chi connectivity index (χ2n) is 9.87. The van der Waals surface area contributed by atoms with E-state index in [1.807, 2.05) is 19.9 Å². The van der Waals surface area contributed by atoms with E-state index in [-0.39, 0.29) is 16.7 Å². The predicted molar refractivity (Wildman–Crippen MR) is 145 cm³/mol. The molecular formula is C29H31N3O3S. The van der Waals surface area contributed by atoms with E-state index in [9.17, 15) is 18.5 Å². The first-order valence-corrected chi connectivity index (χ1v) is 13.1. The van der Waals surface area contributed by atoms with Gasteiger partial charge in [0.2, 0.25) is 15.9 Å². The molecule has 0 saturated carbocycles. The van der Waals surface area contributed by atoms with Gasteiger partial charge in [0.25, 0.3) is 0 Å². The molecule has 0 spiro atoms. The number of carbonyl (C=O) groups excluding carboxylic acids is 1. The van der Waals surface area contributed by atoms with Crippen molar-refractivity contribution in [2.75, 3.05) is 5.32 Å². The van der Waals surface area contributed by atoms with Crippen LogP contribution in [0.15, 0.2) is 83.8 Å². The van der Waals surface area contributed by atoms with Crippen LogP contribution >= 0.6 is 0 Å². The predicted octanol–water partition coefficient (Wildman–Crippen LogP) is 5.98. The zero-order valence-electron chi connectivity index (χ0n) is 21.2. The molecule has 0 aliphatic rings. The van der Waals surface area contributed by atoms with Crippen molar-refractivity contribution in [3.63, 3.8) is 0 Å². The van der Waals surface area contributed by atoms with Crippen LogP contribution < -0.4 is 10.0 Å². The molecular weight excluding hydrogens is 470 g/mol. The van der Waals surface area contributed by atoms with Crippen LogP contribution in [0.3, 0.4) is 0 Å². The van der Waals surface area contributed by atoms with Gasteiger partial charge in [-0.15, -0.1) is 0 Å². The number of hydrogen-bond donors (Lipinski definition) is 2. The van der Waals surface area contributed by atoms with Crippen LogP contribution in [-0.4, -0.2) is 19.9 Å². The molecule has 0 heterocycles. The number of benzene rings is 3. The van der Waals surface area contributed by atoms with Crippen molar-refractivity contribution < 1.29 is 13.2 Å². The lowest BCUT2D eigenvalue weighted by Crippen LogP contribution is -2.40. The summed E-state index contributed by atoms with van der Waals surface area (Å²) >= 11 is 0. The molecule has 0 radical (unpaired) electrons. The molecule has 0 bridgehead atoms. The fourth-order valence-corrected chi connectivity index (χ4v) is 5.45. The van der Waals surface area contributed by atoms with Gasteiger partial charge in [0.15, 0.2) is 0 Å². The Hall–Kier alpha value is -3.73. The van der Waals surface area contributed by atoms with E-state index < -0.39 is 15.6 Å². The summed E-state index contributed by atoms with van der Waals surface area (Å²) in [5.74, 6) is -0.210. The highest BCUT2D eigenvalue weighted by molar-refractivity contribution is 7.89. The largest absolute Gasteiger partial charge is 0.323 e. The lowest BCUT2D eigenvalue weighted by molar-refractivity contribution is -0.111. The van der Waals surface area contributed by atoms with Crippen molar-refractivity contribution in [1.82, 2.24) is 4.72 Å². The Labute approximate surface area is 213 Å². The lowest BCUT2D eigenvalue weighted by Gasteiger charge is -2.21. The Morgan fingerprint density at radius 2 is 1.64 bits per heavy atom. The van der Waals surface area contributed by atoms with Gasteiger partial charge in [-0.25, -0.2) is 13.1 Å². The molecule has 6 nitrogen and oxygen atoms in total. The van der Waals surface area contributed by atoms with E-state index >= 15 is 0 Å². The van der Waals surface area contributed by atoms with Crippen LogP contribution in [0.25, 0.3) is 16.7 Å². The van der Waals surface area contributed by atoms with Gasteiger partial charge < -0.3 is 5.32 Å². The van der Waals surface area contributed by atoms with Gasteiger partial charge in [-0.1, -0.05) is 56.3 Å². The average Bonchev–Trinajstić information content (AvgIpc) is 2.81. The summed E-state index contributed by atoms with van der Waals surface area (Å²) in [6.45, 7) is 9.37. The number of sulfonamides is 1. The van der Waals surface area contributed by atoms with Crippen molar-refractivity contribution >= 4 is 27.2 Å².